The molecule has 40 heavy (non-hydrogen) atoms. The van der Waals surface area contributed by atoms with Crippen LogP contribution in [0.15, 0.2) is 70.6 Å². The number of likely N-dealkylation sites (tertiary alicyclic amines) is 1. The van der Waals surface area contributed by atoms with Crippen molar-refractivity contribution < 1.29 is 18.7 Å². The van der Waals surface area contributed by atoms with Crippen molar-refractivity contribution in [3.63, 3.8) is 0 Å². The third-order valence-electron chi connectivity index (χ3n) is 7.31. The van der Waals surface area contributed by atoms with E-state index in [4.69, 9.17) is 20.3 Å². The zero-order chi connectivity index (χ0) is 28.4. The van der Waals surface area contributed by atoms with Crippen molar-refractivity contribution in [3.05, 3.63) is 82.2 Å². The summed E-state index contributed by atoms with van der Waals surface area (Å²) in [5.41, 5.74) is 8.95. The number of rotatable bonds is 10. The first-order valence-electron chi connectivity index (χ1n) is 13.1. The van der Waals surface area contributed by atoms with Crippen molar-refractivity contribution in [2.24, 2.45) is 11.7 Å². The molecule has 2 aromatic carbocycles. The number of thiophene rings is 1. The van der Waals surface area contributed by atoms with Gasteiger partial charge in [0.15, 0.2) is 0 Å². The van der Waals surface area contributed by atoms with Gasteiger partial charge in [-0.25, -0.2) is 0 Å². The molecule has 1 fully saturated rings. The van der Waals surface area contributed by atoms with Crippen LogP contribution in [0, 0.1) is 11.3 Å². The molecule has 0 radical (unpaired) electrons. The van der Waals surface area contributed by atoms with Crippen molar-refractivity contribution in [2.45, 2.75) is 25.4 Å². The second kappa shape index (κ2) is 11.5. The number of nitrogen functional groups attached to an aromatic ring is 1. The summed E-state index contributed by atoms with van der Waals surface area (Å²) in [6.07, 6.45) is 0.708. The Balaban J connectivity index is 1.25. The first-order chi connectivity index (χ1) is 19.2. The van der Waals surface area contributed by atoms with Gasteiger partial charge in [0.2, 0.25) is 5.91 Å². The highest BCUT2D eigenvalue weighted by Gasteiger charge is 2.37. The summed E-state index contributed by atoms with van der Waals surface area (Å²) in [5.74, 6) is -0.318. The molecule has 1 saturated heterocycles. The van der Waals surface area contributed by atoms with Gasteiger partial charge in [-0.3, -0.25) is 15.0 Å². The monoisotopic (exact) mass is 559 g/mol. The van der Waals surface area contributed by atoms with Gasteiger partial charge in [-0.2, -0.15) is 0 Å². The Morgan fingerprint density at radius 2 is 1.98 bits per heavy atom. The Hall–Kier alpha value is -4.15. The second-order valence-corrected chi connectivity index (χ2v) is 11.1. The van der Waals surface area contributed by atoms with E-state index in [-0.39, 0.29) is 42.2 Å². The van der Waals surface area contributed by atoms with Crippen LogP contribution in [0.2, 0.25) is 0 Å². The Labute approximate surface area is 236 Å². The minimum absolute atomic E-state index is 0.0311. The van der Waals surface area contributed by atoms with Crippen molar-refractivity contribution in [3.8, 4) is 0 Å². The lowest BCUT2D eigenvalue weighted by atomic mass is 10.0. The third-order valence-corrected chi connectivity index (χ3v) is 8.43. The fourth-order valence-corrected chi connectivity index (χ4v) is 6.19. The molecule has 5 rings (SSSR count). The Morgan fingerprint density at radius 1 is 1.20 bits per heavy atom. The van der Waals surface area contributed by atoms with Crippen LogP contribution in [0.5, 0.6) is 0 Å². The summed E-state index contributed by atoms with van der Waals surface area (Å²) in [7, 11) is 1.65. The largest absolute Gasteiger partial charge is 0.456 e. The maximum absolute atomic E-state index is 13.4. The standard InChI is InChI=1S/C30H33N5O4S/c1-17(34-18(2)27-12-21(16-40-27)29(31)32)24-10-19(15-38-3)14-35(24)28(36)13-33-30(37)20-8-9-26-23(11-20)22-6-4-5-7-25(22)39-26/h4-9,11-12,16,18-19,24,34H,1,10,13-15H2,2-3H3,(H3,31,32)(H,33,37)/t18-,19+,24+/m1/s1. The van der Waals surface area contributed by atoms with Gasteiger partial charge in [-0.05, 0) is 43.7 Å². The van der Waals surface area contributed by atoms with Crippen LogP contribution in [0.1, 0.15) is 40.2 Å². The highest BCUT2D eigenvalue weighted by Crippen LogP contribution is 2.31. The number of amidine groups is 1. The van der Waals surface area contributed by atoms with Crippen LogP contribution in [0.4, 0.5) is 0 Å². The van der Waals surface area contributed by atoms with E-state index < -0.39 is 0 Å². The van der Waals surface area contributed by atoms with Crippen LogP contribution in [0.3, 0.4) is 0 Å². The minimum Gasteiger partial charge on any atom is -0.456 e. The number of para-hydroxylation sites is 1. The maximum Gasteiger partial charge on any atom is 0.251 e. The first-order valence-corrected chi connectivity index (χ1v) is 14.0. The third kappa shape index (κ3) is 5.59. The summed E-state index contributed by atoms with van der Waals surface area (Å²) < 4.78 is 11.2. The van der Waals surface area contributed by atoms with Gasteiger partial charge in [0.05, 0.1) is 25.2 Å². The van der Waals surface area contributed by atoms with Gasteiger partial charge in [0.1, 0.15) is 17.0 Å². The van der Waals surface area contributed by atoms with E-state index >= 15 is 0 Å². The van der Waals surface area contributed by atoms with Gasteiger partial charge < -0.3 is 30.4 Å². The summed E-state index contributed by atoms with van der Waals surface area (Å²) >= 11 is 1.52. The van der Waals surface area contributed by atoms with E-state index in [0.29, 0.717) is 36.3 Å². The summed E-state index contributed by atoms with van der Waals surface area (Å²) in [4.78, 5) is 29.2. The van der Waals surface area contributed by atoms with Gasteiger partial charge in [-0.1, -0.05) is 24.8 Å². The maximum atomic E-state index is 13.4. The molecule has 0 bridgehead atoms. The Bertz CT molecular complexity index is 1590. The topological polar surface area (TPSA) is 134 Å². The number of amides is 2. The number of hydrogen-bond acceptors (Lipinski definition) is 7. The molecule has 0 aliphatic carbocycles. The molecule has 3 heterocycles. The smallest absolute Gasteiger partial charge is 0.251 e. The molecular formula is C30H33N5O4S. The molecule has 10 heteroatoms. The van der Waals surface area contributed by atoms with Crippen molar-refractivity contribution in [2.75, 3.05) is 26.8 Å². The fraction of sp³-hybridized carbons (Fsp3) is 0.300. The number of carbonyl (C=O) groups excluding carboxylic acids is 2. The number of carbonyl (C=O) groups is 2. The lowest BCUT2D eigenvalue weighted by Crippen LogP contribution is -2.45. The second-order valence-electron chi connectivity index (χ2n) is 10.2. The van der Waals surface area contributed by atoms with Crippen LogP contribution < -0.4 is 16.4 Å². The van der Waals surface area contributed by atoms with Crippen LogP contribution in [0.25, 0.3) is 21.9 Å². The van der Waals surface area contributed by atoms with Gasteiger partial charge in [-0.15, -0.1) is 11.3 Å². The lowest BCUT2D eigenvalue weighted by Gasteiger charge is -2.29. The number of ether oxygens (including phenoxy) is 1. The number of nitrogens with two attached hydrogens (primary N) is 1. The molecule has 1 aliphatic rings. The molecule has 5 N–H and O–H groups in total. The van der Waals surface area contributed by atoms with Crippen LogP contribution in [-0.4, -0.2) is 55.4 Å². The predicted molar refractivity (Wildman–Crippen MR) is 158 cm³/mol. The van der Waals surface area contributed by atoms with E-state index in [1.165, 1.54) is 11.3 Å². The van der Waals surface area contributed by atoms with Crippen molar-refractivity contribution in [1.29, 1.82) is 5.41 Å². The molecule has 3 atom stereocenters. The first kappa shape index (κ1) is 27.4. The number of nitrogens with zero attached hydrogens (tertiary/aromatic N) is 1. The van der Waals surface area contributed by atoms with E-state index in [1.807, 2.05) is 42.6 Å². The number of hydrogen-bond donors (Lipinski definition) is 4. The number of fused-ring (bicyclic) bond motifs is 3. The zero-order valence-electron chi connectivity index (χ0n) is 22.5. The normalized spacial score (nSPS) is 17.7. The van der Waals surface area contributed by atoms with E-state index in [9.17, 15) is 9.59 Å². The average molecular weight is 560 g/mol. The molecule has 0 unspecified atom stereocenters. The average Bonchev–Trinajstić information content (AvgIpc) is 3.68. The fourth-order valence-electron chi connectivity index (χ4n) is 5.28. The van der Waals surface area contributed by atoms with Crippen molar-refractivity contribution >= 4 is 50.9 Å². The molecule has 2 amide bonds. The zero-order valence-corrected chi connectivity index (χ0v) is 23.3. The van der Waals surface area contributed by atoms with Crippen molar-refractivity contribution in [1.82, 2.24) is 15.5 Å². The quantitative estimate of drug-likeness (QED) is 0.168. The highest BCUT2D eigenvalue weighted by atomic mass is 32.1. The molecule has 2 aromatic heterocycles. The molecule has 4 aromatic rings. The lowest BCUT2D eigenvalue weighted by molar-refractivity contribution is -0.130. The summed E-state index contributed by atoms with van der Waals surface area (Å²) in [6, 6.07) is 14.5. The molecular weight excluding hydrogens is 526 g/mol. The summed E-state index contributed by atoms with van der Waals surface area (Å²) in [6.45, 7) is 7.18. The predicted octanol–water partition coefficient (Wildman–Crippen LogP) is 4.39. The van der Waals surface area contributed by atoms with Gasteiger partial charge in [0, 0.05) is 57.4 Å². The number of furan rings is 1. The molecule has 208 valence electrons. The SMILES string of the molecule is C=C(N[C@H](C)c1cc(C(=N)N)cs1)[C@@H]1C[C@H](COC)CN1C(=O)CNC(=O)c1ccc2oc3ccccc3c2c1. The molecule has 9 nitrogen and oxygen atoms in total. The molecule has 0 spiro atoms. The highest BCUT2D eigenvalue weighted by molar-refractivity contribution is 7.10. The Morgan fingerprint density at radius 3 is 2.73 bits per heavy atom. The minimum atomic E-state index is -0.325. The van der Waals surface area contributed by atoms with Gasteiger partial charge in [0.25, 0.3) is 5.91 Å². The van der Waals surface area contributed by atoms with E-state index in [1.54, 1.807) is 30.2 Å². The number of methoxy groups -OCH3 is 1. The summed E-state index contributed by atoms with van der Waals surface area (Å²) in [5, 5.41) is 17.5. The van der Waals surface area contributed by atoms with Gasteiger partial charge >= 0.3 is 0 Å². The van der Waals surface area contributed by atoms with Crippen LogP contribution in [-0.2, 0) is 9.53 Å². The Kier molecular flexibility index (Phi) is 7.90. The van der Waals surface area contributed by atoms with E-state index in [2.05, 4.69) is 17.2 Å². The van der Waals surface area contributed by atoms with E-state index in [0.717, 1.165) is 26.9 Å². The number of benzene rings is 2. The molecule has 1 aliphatic heterocycles. The molecule has 0 saturated carbocycles. The van der Waals surface area contributed by atoms with Crippen LogP contribution >= 0.6 is 11.3 Å². The number of nitrogens with one attached hydrogen (secondary N) is 3.